The number of thioether (sulfide) groups is 1. The number of thiazole rings is 1. The van der Waals surface area contributed by atoms with Crippen LogP contribution in [0.15, 0.2) is 99.1 Å². The first-order valence-corrected chi connectivity index (χ1v) is 13.1. The van der Waals surface area contributed by atoms with Crippen molar-refractivity contribution in [3.8, 4) is 0 Å². The second kappa shape index (κ2) is 8.32. The molecule has 0 amide bonds. The molecule has 5 heteroatoms. The summed E-state index contributed by atoms with van der Waals surface area (Å²) in [6.45, 7) is 0. The zero-order valence-corrected chi connectivity index (χ0v) is 19.8. The summed E-state index contributed by atoms with van der Waals surface area (Å²) < 4.78 is 2.63. The maximum atomic E-state index is 13.7. The van der Waals surface area contributed by atoms with E-state index in [-0.39, 0.29) is 11.6 Å². The molecule has 0 bridgehead atoms. The molecule has 6 rings (SSSR count). The molecule has 0 N–H and O–H groups in total. The Morgan fingerprint density at radius 3 is 2.52 bits per heavy atom. The number of fused-ring (bicyclic) bond motifs is 3. The zero-order valence-electron chi connectivity index (χ0n) is 18.2. The van der Waals surface area contributed by atoms with E-state index in [1.54, 1.807) is 11.8 Å². The Morgan fingerprint density at radius 2 is 1.73 bits per heavy atom. The van der Waals surface area contributed by atoms with Gasteiger partial charge in [0.2, 0.25) is 0 Å². The first kappa shape index (κ1) is 20.5. The van der Waals surface area contributed by atoms with Crippen LogP contribution in [0.25, 0.3) is 11.8 Å². The minimum atomic E-state index is -0.119. The van der Waals surface area contributed by atoms with Gasteiger partial charge in [-0.05, 0) is 59.6 Å². The molecule has 0 fully saturated rings. The van der Waals surface area contributed by atoms with Crippen LogP contribution in [0, 0.1) is 0 Å². The van der Waals surface area contributed by atoms with Crippen molar-refractivity contribution in [2.24, 2.45) is 4.99 Å². The van der Waals surface area contributed by atoms with Gasteiger partial charge < -0.3 is 0 Å². The van der Waals surface area contributed by atoms with Crippen LogP contribution < -0.4 is 14.9 Å². The fourth-order valence-electron chi connectivity index (χ4n) is 4.81. The molecule has 162 valence electrons. The van der Waals surface area contributed by atoms with Gasteiger partial charge in [0.05, 0.1) is 16.3 Å². The smallest absolute Gasteiger partial charge is 0.271 e. The van der Waals surface area contributed by atoms with Crippen molar-refractivity contribution in [3.05, 3.63) is 126 Å². The summed E-state index contributed by atoms with van der Waals surface area (Å²) in [5.41, 5.74) is 7.02. The Labute approximate surface area is 200 Å². The number of hydrogen-bond acceptors (Lipinski definition) is 4. The Morgan fingerprint density at radius 1 is 0.970 bits per heavy atom. The molecule has 1 unspecified atom stereocenters. The highest BCUT2D eigenvalue weighted by Gasteiger charge is 2.32. The lowest BCUT2D eigenvalue weighted by Crippen LogP contribution is -2.38. The van der Waals surface area contributed by atoms with E-state index < -0.39 is 0 Å². The second-order valence-electron chi connectivity index (χ2n) is 8.30. The molecule has 33 heavy (non-hydrogen) atoms. The predicted molar refractivity (Wildman–Crippen MR) is 137 cm³/mol. The van der Waals surface area contributed by atoms with Crippen LogP contribution in [0.2, 0.25) is 0 Å². The number of aryl methyl sites for hydroxylation is 1. The summed E-state index contributed by atoms with van der Waals surface area (Å²) in [6, 6.07) is 27.1. The summed E-state index contributed by atoms with van der Waals surface area (Å²) in [5, 5.41) is 0. The third kappa shape index (κ3) is 3.52. The van der Waals surface area contributed by atoms with Gasteiger partial charge in [0.15, 0.2) is 4.80 Å². The molecular formula is C28H22N2OS2. The number of rotatable bonds is 3. The first-order valence-electron chi connectivity index (χ1n) is 11.0. The van der Waals surface area contributed by atoms with E-state index >= 15 is 0 Å². The molecule has 1 atom stereocenters. The molecular weight excluding hydrogens is 444 g/mol. The van der Waals surface area contributed by atoms with E-state index in [9.17, 15) is 4.79 Å². The van der Waals surface area contributed by atoms with Gasteiger partial charge in [0.1, 0.15) is 0 Å². The SMILES string of the molecule is CSc1ccc(C=c2sc3n(c2=O)C(c2ccccc2)C2=C(N=3)c3ccccc3CC2)cc1. The number of hydrogen-bond donors (Lipinski definition) is 0. The van der Waals surface area contributed by atoms with Gasteiger partial charge in [-0.1, -0.05) is 78.1 Å². The number of allylic oxidation sites excluding steroid dienone is 1. The Balaban J connectivity index is 1.59. The molecule has 1 aliphatic heterocycles. The van der Waals surface area contributed by atoms with E-state index in [2.05, 4.69) is 79.1 Å². The monoisotopic (exact) mass is 466 g/mol. The van der Waals surface area contributed by atoms with Crippen molar-refractivity contribution in [2.45, 2.75) is 23.8 Å². The average Bonchev–Trinajstić information content (AvgIpc) is 3.18. The minimum absolute atomic E-state index is 0.0342. The molecule has 2 aliphatic rings. The van der Waals surface area contributed by atoms with Gasteiger partial charge >= 0.3 is 0 Å². The van der Waals surface area contributed by atoms with Crippen molar-refractivity contribution < 1.29 is 0 Å². The van der Waals surface area contributed by atoms with Crippen LogP contribution in [0.1, 0.15) is 34.7 Å². The van der Waals surface area contributed by atoms with Gasteiger partial charge in [-0.2, -0.15) is 0 Å². The summed E-state index contributed by atoms with van der Waals surface area (Å²) >= 11 is 3.20. The van der Waals surface area contributed by atoms with Crippen LogP contribution in [0.4, 0.5) is 0 Å². The third-order valence-corrected chi connectivity index (χ3v) is 8.13. The molecule has 0 saturated carbocycles. The van der Waals surface area contributed by atoms with Crippen molar-refractivity contribution >= 4 is 34.9 Å². The number of benzene rings is 3. The van der Waals surface area contributed by atoms with Gasteiger partial charge in [0, 0.05) is 10.5 Å². The highest BCUT2D eigenvalue weighted by Crippen LogP contribution is 2.41. The van der Waals surface area contributed by atoms with Crippen LogP contribution in [0.3, 0.4) is 0 Å². The van der Waals surface area contributed by atoms with E-state index in [4.69, 9.17) is 4.99 Å². The second-order valence-corrected chi connectivity index (χ2v) is 10.2. The maximum absolute atomic E-state index is 13.7. The molecule has 1 aromatic heterocycles. The predicted octanol–water partition coefficient (Wildman–Crippen LogP) is 5.04. The third-order valence-electron chi connectivity index (χ3n) is 6.40. The van der Waals surface area contributed by atoms with E-state index in [0.29, 0.717) is 0 Å². The zero-order chi connectivity index (χ0) is 22.4. The number of nitrogens with zero attached hydrogens (tertiary/aromatic N) is 2. The fraction of sp³-hybridized carbons (Fsp3) is 0.143. The van der Waals surface area contributed by atoms with Gasteiger partial charge in [-0.25, -0.2) is 4.99 Å². The van der Waals surface area contributed by atoms with Crippen molar-refractivity contribution in [1.82, 2.24) is 4.57 Å². The van der Waals surface area contributed by atoms with Crippen molar-refractivity contribution in [1.29, 1.82) is 0 Å². The van der Waals surface area contributed by atoms with E-state index in [0.717, 1.165) is 39.0 Å². The van der Waals surface area contributed by atoms with Gasteiger partial charge in [-0.15, -0.1) is 11.8 Å². The Kier molecular flexibility index (Phi) is 5.16. The fourth-order valence-corrected chi connectivity index (χ4v) is 6.22. The average molecular weight is 467 g/mol. The summed E-state index contributed by atoms with van der Waals surface area (Å²) in [5.74, 6) is 0. The van der Waals surface area contributed by atoms with E-state index in [1.165, 1.54) is 32.9 Å². The standard InChI is InChI=1S/C28H22N2OS2/c1-32-21-14-11-18(12-15-21)17-24-27(31)30-26(20-8-3-2-4-9-20)23-16-13-19-7-5-6-10-22(19)25(23)29-28(30)33-24/h2-12,14-15,17,26H,13,16H2,1H3. The van der Waals surface area contributed by atoms with Crippen LogP contribution in [-0.4, -0.2) is 10.8 Å². The van der Waals surface area contributed by atoms with Gasteiger partial charge in [0.25, 0.3) is 5.56 Å². The van der Waals surface area contributed by atoms with E-state index in [1.807, 2.05) is 16.7 Å². The molecule has 0 radical (unpaired) electrons. The highest BCUT2D eigenvalue weighted by molar-refractivity contribution is 7.98. The number of aromatic nitrogens is 1. The quantitative estimate of drug-likeness (QED) is 0.397. The Hall–Kier alpha value is -3.15. The minimum Gasteiger partial charge on any atom is -0.272 e. The van der Waals surface area contributed by atoms with Crippen LogP contribution >= 0.6 is 23.1 Å². The lowest BCUT2D eigenvalue weighted by molar-refractivity contribution is 0.585. The molecule has 2 heterocycles. The summed E-state index contributed by atoms with van der Waals surface area (Å²) in [7, 11) is 0. The van der Waals surface area contributed by atoms with Crippen molar-refractivity contribution in [2.75, 3.05) is 6.26 Å². The molecule has 4 aromatic rings. The normalized spacial score (nSPS) is 17.2. The summed E-state index contributed by atoms with van der Waals surface area (Å²) in [4.78, 5) is 20.8. The first-order chi connectivity index (χ1) is 16.2. The lowest BCUT2D eigenvalue weighted by Gasteiger charge is -2.30. The van der Waals surface area contributed by atoms with Crippen LogP contribution in [-0.2, 0) is 6.42 Å². The van der Waals surface area contributed by atoms with Crippen molar-refractivity contribution in [3.63, 3.8) is 0 Å². The van der Waals surface area contributed by atoms with Crippen LogP contribution in [0.5, 0.6) is 0 Å². The topological polar surface area (TPSA) is 34.4 Å². The molecule has 0 spiro atoms. The summed E-state index contributed by atoms with van der Waals surface area (Å²) in [6.07, 6.45) is 5.94. The Bertz CT molecular complexity index is 1560. The molecule has 3 aromatic carbocycles. The maximum Gasteiger partial charge on any atom is 0.271 e. The molecule has 1 aliphatic carbocycles. The van der Waals surface area contributed by atoms with Gasteiger partial charge in [-0.3, -0.25) is 9.36 Å². The highest BCUT2D eigenvalue weighted by atomic mass is 32.2. The lowest BCUT2D eigenvalue weighted by atomic mass is 9.83. The largest absolute Gasteiger partial charge is 0.272 e. The molecule has 0 saturated heterocycles. The molecule has 3 nitrogen and oxygen atoms in total.